The molecule has 2 rings (SSSR count). The summed E-state index contributed by atoms with van der Waals surface area (Å²) in [6.07, 6.45) is 1.36. The summed E-state index contributed by atoms with van der Waals surface area (Å²) in [5.74, 6) is -3.10. The molecule has 0 saturated carbocycles. The third-order valence-electron chi connectivity index (χ3n) is 5.41. The fraction of sp³-hybridized carbons (Fsp3) is 0.429. The van der Waals surface area contributed by atoms with E-state index in [0.29, 0.717) is 30.5 Å². The third kappa shape index (κ3) is 7.74. The molecule has 2 aromatic rings. The molecule has 0 heterocycles. The van der Waals surface area contributed by atoms with Crippen molar-refractivity contribution in [1.82, 2.24) is 10.6 Å². The van der Waals surface area contributed by atoms with Gasteiger partial charge in [0.2, 0.25) is 5.91 Å². The molecule has 6 nitrogen and oxygen atoms in total. The Morgan fingerprint density at radius 2 is 1.50 bits per heavy atom. The van der Waals surface area contributed by atoms with Crippen LogP contribution in [0.15, 0.2) is 54.6 Å². The van der Waals surface area contributed by atoms with E-state index in [0.717, 1.165) is 5.56 Å². The molecule has 34 heavy (non-hydrogen) atoms. The number of hydrogen-bond acceptors (Lipinski definition) is 4. The first kappa shape index (κ1) is 26.6. The average molecular weight is 459 g/mol. The molecule has 0 aromatic heterocycles. The second kappa shape index (κ2) is 11.5. The summed E-state index contributed by atoms with van der Waals surface area (Å²) in [4.78, 5) is 26.5. The lowest BCUT2D eigenvalue weighted by Gasteiger charge is -2.35. The smallest absolute Gasteiger partial charge is 0.251 e. The first-order valence-corrected chi connectivity index (χ1v) is 11.5. The van der Waals surface area contributed by atoms with Gasteiger partial charge in [0.25, 0.3) is 5.91 Å². The molecule has 0 aliphatic rings. The molecule has 0 bridgehead atoms. The van der Waals surface area contributed by atoms with Gasteiger partial charge in [-0.2, -0.15) is 10.5 Å². The van der Waals surface area contributed by atoms with Crippen molar-refractivity contribution in [2.45, 2.75) is 58.9 Å². The van der Waals surface area contributed by atoms with Crippen molar-refractivity contribution in [3.8, 4) is 12.1 Å². The van der Waals surface area contributed by atoms with E-state index in [2.05, 4.69) is 31.4 Å². The van der Waals surface area contributed by atoms with Gasteiger partial charge in [0.1, 0.15) is 5.92 Å². The van der Waals surface area contributed by atoms with E-state index >= 15 is 0 Å². The van der Waals surface area contributed by atoms with E-state index in [1.165, 1.54) is 0 Å². The minimum Gasteiger partial charge on any atom is -0.352 e. The third-order valence-corrected chi connectivity index (χ3v) is 5.41. The van der Waals surface area contributed by atoms with Crippen LogP contribution in [-0.4, -0.2) is 23.9 Å². The summed E-state index contributed by atoms with van der Waals surface area (Å²) in [7, 11) is 0. The summed E-state index contributed by atoms with van der Waals surface area (Å²) < 4.78 is 0. The molecule has 0 aliphatic heterocycles. The van der Waals surface area contributed by atoms with Crippen LogP contribution in [-0.2, 0) is 11.2 Å². The van der Waals surface area contributed by atoms with Crippen LogP contribution in [0.3, 0.4) is 0 Å². The van der Waals surface area contributed by atoms with Crippen LogP contribution in [0.2, 0.25) is 0 Å². The van der Waals surface area contributed by atoms with Crippen LogP contribution in [0, 0.1) is 34.0 Å². The number of carbonyl (C=O) groups excluding carboxylic acids is 2. The van der Waals surface area contributed by atoms with Crippen LogP contribution in [0.1, 0.15) is 68.4 Å². The molecule has 0 saturated heterocycles. The van der Waals surface area contributed by atoms with Gasteiger partial charge in [0, 0.05) is 17.6 Å². The second-order valence-corrected chi connectivity index (χ2v) is 10.4. The summed E-state index contributed by atoms with van der Waals surface area (Å²) in [6, 6.07) is 20.4. The van der Waals surface area contributed by atoms with Crippen LogP contribution in [0.4, 0.5) is 0 Å². The molecule has 178 valence electrons. The van der Waals surface area contributed by atoms with Gasteiger partial charge in [0.15, 0.2) is 0 Å². The molecule has 1 unspecified atom stereocenters. The predicted molar refractivity (Wildman–Crippen MR) is 133 cm³/mol. The second-order valence-electron chi connectivity index (χ2n) is 10.4. The first-order valence-electron chi connectivity index (χ1n) is 11.5. The lowest BCUT2D eigenvalue weighted by molar-refractivity contribution is -0.124. The van der Waals surface area contributed by atoms with Gasteiger partial charge in [-0.3, -0.25) is 9.59 Å². The summed E-state index contributed by atoms with van der Waals surface area (Å²) in [5.41, 5.74) is 1.17. The topological polar surface area (TPSA) is 106 Å². The van der Waals surface area contributed by atoms with Crippen LogP contribution >= 0.6 is 0 Å². The Bertz CT molecular complexity index is 1060. The van der Waals surface area contributed by atoms with Crippen LogP contribution in [0.25, 0.3) is 0 Å². The number of hydrogen-bond donors (Lipinski definition) is 2. The summed E-state index contributed by atoms with van der Waals surface area (Å²) in [5, 5.41) is 25.2. The average Bonchev–Trinajstić information content (AvgIpc) is 2.76. The van der Waals surface area contributed by atoms with Gasteiger partial charge in [0.05, 0.1) is 18.1 Å². The summed E-state index contributed by atoms with van der Waals surface area (Å²) >= 11 is 0. The maximum Gasteiger partial charge on any atom is 0.251 e. The van der Waals surface area contributed by atoms with Gasteiger partial charge in [-0.1, -0.05) is 69.3 Å². The van der Waals surface area contributed by atoms with Crippen LogP contribution in [0.5, 0.6) is 0 Å². The highest BCUT2D eigenvalue weighted by Gasteiger charge is 2.36. The molecule has 0 aliphatic carbocycles. The predicted octanol–water partition coefficient (Wildman–Crippen LogP) is 4.74. The zero-order chi connectivity index (χ0) is 25.4. The van der Waals surface area contributed by atoms with E-state index in [4.69, 9.17) is 0 Å². The number of carbonyl (C=O) groups is 2. The fourth-order valence-corrected chi connectivity index (χ4v) is 4.47. The lowest BCUT2D eigenvalue weighted by Crippen LogP contribution is -2.48. The molecule has 6 heteroatoms. The Morgan fingerprint density at radius 3 is 2.09 bits per heavy atom. The molecule has 2 N–H and O–H groups in total. The quantitative estimate of drug-likeness (QED) is 0.566. The molecule has 0 spiro atoms. The molecule has 2 aromatic carbocycles. The standard InChI is InChI=1S/C28H34N4O2/c1-27(2,3)19-28(4,5)32-26(34)24(21(17-29)18-30)22-13-9-10-14-23(22)25(33)31-16-15-20-11-7-6-8-12-20/h6-14,21,24H,15-16,19H2,1-5H3,(H,31,33)(H,32,34). The van der Waals surface area contributed by atoms with E-state index in [-0.39, 0.29) is 11.3 Å². The maximum absolute atomic E-state index is 13.4. The van der Waals surface area contributed by atoms with Gasteiger partial charge in [-0.15, -0.1) is 0 Å². The monoisotopic (exact) mass is 458 g/mol. The zero-order valence-electron chi connectivity index (χ0n) is 20.7. The largest absolute Gasteiger partial charge is 0.352 e. The number of benzene rings is 2. The minimum absolute atomic E-state index is 0.0350. The van der Waals surface area contributed by atoms with Crippen molar-refractivity contribution in [1.29, 1.82) is 10.5 Å². The Hall–Kier alpha value is -3.64. The SMILES string of the molecule is CC(C)(C)CC(C)(C)NC(=O)C(c1ccccc1C(=O)NCCc1ccccc1)C(C#N)C#N. The van der Waals surface area contributed by atoms with Gasteiger partial charge in [-0.25, -0.2) is 0 Å². The number of nitrogens with zero attached hydrogens (tertiary/aromatic N) is 2. The van der Waals surface area contributed by atoms with E-state index in [1.54, 1.807) is 24.3 Å². The van der Waals surface area contributed by atoms with Crippen LogP contribution < -0.4 is 10.6 Å². The molecule has 0 fully saturated rings. The Labute approximate surface area is 203 Å². The number of amides is 2. The first-order chi connectivity index (χ1) is 16.0. The highest BCUT2D eigenvalue weighted by molar-refractivity contribution is 5.98. The lowest BCUT2D eigenvalue weighted by atomic mass is 9.80. The van der Waals surface area contributed by atoms with E-state index < -0.39 is 23.3 Å². The van der Waals surface area contributed by atoms with Crippen molar-refractivity contribution in [3.05, 3.63) is 71.3 Å². The van der Waals surface area contributed by atoms with Crippen molar-refractivity contribution >= 4 is 11.8 Å². The van der Waals surface area contributed by atoms with Crippen molar-refractivity contribution in [2.75, 3.05) is 6.54 Å². The Kier molecular flexibility index (Phi) is 8.98. The Balaban J connectivity index is 2.30. The number of nitriles is 2. The summed E-state index contributed by atoms with van der Waals surface area (Å²) in [6.45, 7) is 10.5. The van der Waals surface area contributed by atoms with E-state index in [9.17, 15) is 20.1 Å². The molecular formula is C28H34N4O2. The zero-order valence-corrected chi connectivity index (χ0v) is 20.7. The van der Waals surface area contributed by atoms with Gasteiger partial charge in [-0.05, 0) is 49.3 Å². The molecule has 2 amide bonds. The normalized spacial score (nSPS) is 12.4. The molecule has 0 radical (unpaired) electrons. The van der Waals surface area contributed by atoms with Gasteiger partial charge >= 0.3 is 0 Å². The van der Waals surface area contributed by atoms with Crippen molar-refractivity contribution in [2.24, 2.45) is 11.3 Å². The fourth-order valence-electron chi connectivity index (χ4n) is 4.47. The van der Waals surface area contributed by atoms with Gasteiger partial charge < -0.3 is 10.6 Å². The minimum atomic E-state index is -1.23. The highest BCUT2D eigenvalue weighted by atomic mass is 16.2. The number of nitrogens with one attached hydrogen (secondary N) is 2. The number of rotatable bonds is 9. The van der Waals surface area contributed by atoms with Crippen molar-refractivity contribution < 1.29 is 9.59 Å². The molecular weight excluding hydrogens is 424 g/mol. The maximum atomic E-state index is 13.4. The van der Waals surface area contributed by atoms with E-state index in [1.807, 2.05) is 56.3 Å². The highest BCUT2D eigenvalue weighted by Crippen LogP contribution is 2.31. The molecule has 1 atom stereocenters. The Morgan fingerprint density at radius 1 is 0.912 bits per heavy atom. The van der Waals surface area contributed by atoms with Crippen molar-refractivity contribution in [3.63, 3.8) is 0 Å².